The van der Waals surface area contributed by atoms with E-state index < -0.39 is 0 Å². The van der Waals surface area contributed by atoms with Gasteiger partial charge in [-0.05, 0) is 114 Å². The second-order valence-electron chi connectivity index (χ2n) is 12.7. The molecule has 0 amide bonds. The summed E-state index contributed by atoms with van der Waals surface area (Å²) in [6, 6.07) is 54.6. The lowest BCUT2D eigenvalue weighted by atomic mass is 9.83. The third-order valence-electron chi connectivity index (χ3n) is 10.1. The molecule has 10 rings (SSSR count). The molecule has 0 unspecified atom stereocenters. The first kappa shape index (κ1) is 26.7. The summed E-state index contributed by atoms with van der Waals surface area (Å²) in [7, 11) is 0. The number of hydrogen-bond donors (Lipinski definition) is 0. The Morgan fingerprint density at radius 3 is 2.04 bits per heavy atom. The van der Waals surface area contributed by atoms with Crippen molar-refractivity contribution in [1.29, 1.82) is 0 Å². The zero-order valence-corrected chi connectivity index (χ0v) is 26.7. The number of aryl methyl sites for hydroxylation is 1. The molecule has 0 N–H and O–H groups in total. The molecule has 1 aliphatic carbocycles. The van der Waals surface area contributed by atoms with Crippen molar-refractivity contribution in [2.24, 2.45) is 0 Å². The minimum Gasteiger partial charge on any atom is -0.135 e. The van der Waals surface area contributed by atoms with Crippen molar-refractivity contribution >= 4 is 69.9 Å². The minimum atomic E-state index is 1.11. The van der Waals surface area contributed by atoms with Gasteiger partial charge in [0.2, 0.25) is 0 Å². The highest BCUT2D eigenvalue weighted by Crippen LogP contribution is 2.47. The highest BCUT2D eigenvalue weighted by atomic mass is 32.1. The van der Waals surface area contributed by atoms with Crippen LogP contribution >= 0.6 is 11.3 Å². The fourth-order valence-electron chi connectivity index (χ4n) is 7.91. The zero-order chi connectivity index (χ0) is 30.9. The Labute approximate surface area is 277 Å². The molecule has 0 radical (unpaired) electrons. The van der Waals surface area contributed by atoms with Crippen LogP contribution in [0.5, 0.6) is 0 Å². The van der Waals surface area contributed by atoms with Gasteiger partial charge in [-0.25, -0.2) is 0 Å². The first-order valence-electron chi connectivity index (χ1n) is 16.5. The summed E-state index contributed by atoms with van der Waals surface area (Å²) in [5.41, 5.74) is 10.5. The van der Waals surface area contributed by atoms with Crippen LogP contribution in [0.2, 0.25) is 0 Å². The maximum absolute atomic E-state index is 2.43. The molecular weight excluding hydrogens is 585 g/mol. The second kappa shape index (κ2) is 10.5. The third kappa shape index (κ3) is 4.20. The van der Waals surface area contributed by atoms with E-state index in [1.165, 1.54) is 97.0 Å². The molecule has 9 aromatic rings. The second-order valence-corrected chi connectivity index (χ2v) is 13.8. The van der Waals surface area contributed by atoms with E-state index in [0.717, 1.165) is 12.8 Å². The predicted octanol–water partition coefficient (Wildman–Crippen LogP) is 13.5. The van der Waals surface area contributed by atoms with E-state index in [2.05, 4.69) is 158 Å². The van der Waals surface area contributed by atoms with Gasteiger partial charge in [0.25, 0.3) is 0 Å². The molecule has 1 heteroatoms. The third-order valence-corrected chi connectivity index (χ3v) is 11.2. The van der Waals surface area contributed by atoms with Gasteiger partial charge in [-0.2, -0.15) is 0 Å². The van der Waals surface area contributed by atoms with E-state index in [1.807, 2.05) is 11.3 Å². The highest BCUT2D eigenvalue weighted by molar-refractivity contribution is 7.25. The van der Waals surface area contributed by atoms with Crippen LogP contribution < -0.4 is 0 Å². The van der Waals surface area contributed by atoms with Crippen LogP contribution in [0, 0.1) is 0 Å². The van der Waals surface area contributed by atoms with Crippen LogP contribution in [0.3, 0.4) is 0 Å². The Morgan fingerprint density at radius 2 is 1.13 bits per heavy atom. The Hall–Kier alpha value is -5.50. The van der Waals surface area contributed by atoms with Crippen molar-refractivity contribution < 1.29 is 0 Å². The molecule has 47 heavy (non-hydrogen) atoms. The lowest BCUT2D eigenvalue weighted by Gasteiger charge is -2.20. The van der Waals surface area contributed by atoms with Crippen LogP contribution in [0.4, 0.5) is 0 Å². The summed E-state index contributed by atoms with van der Waals surface area (Å²) < 4.78 is 2.67. The van der Waals surface area contributed by atoms with E-state index >= 15 is 0 Å². The molecule has 0 spiro atoms. The predicted molar refractivity (Wildman–Crippen MR) is 206 cm³/mol. The lowest BCUT2D eigenvalue weighted by Crippen LogP contribution is -1.95. The molecule has 0 aliphatic heterocycles. The van der Waals surface area contributed by atoms with Crippen molar-refractivity contribution in [3.8, 4) is 33.4 Å². The maximum atomic E-state index is 2.43. The van der Waals surface area contributed by atoms with Crippen molar-refractivity contribution in [3.63, 3.8) is 0 Å². The summed E-state index contributed by atoms with van der Waals surface area (Å²) in [6.45, 7) is 0. The maximum Gasteiger partial charge on any atom is 0.0355 e. The zero-order valence-electron chi connectivity index (χ0n) is 25.8. The lowest BCUT2D eigenvalue weighted by molar-refractivity contribution is 0.986. The molecular formula is C46H30S. The minimum absolute atomic E-state index is 1.11. The van der Waals surface area contributed by atoms with E-state index in [9.17, 15) is 0 Å². The standard InChI is InChI=1S/C46H30S/c1-2-12-31-26-33(21-20-29(31)10-1)32-13-9-14-34(27-32)45-39-18-6-5-17-38(39)44(40-24-22-30-11-3-4-15-36(30)46(40)45)35-23-25-43-41(28-35)37-16-7-8-19-42(37)47-43/h1,3-11,13-28H,2,12H2. The number of allylic oxidation sites excluding steroid dienone is 1. The van der Waals surface area contributed by atoms with Gasteiger partial charge in [0.1, 0.15) is 0 Å². The quantitative estimate of drug-likeness (QED) is 0.137. The van der Waals surface area contributed by atoms with Crippen molar-refractivity contribution in [3.05, 3.63) is 163 Å². The molecule has 0 atom stereocenters. The van der Waals surface area contributed by atoms with E-state index in [-0.39, 0.29) is 0 Å². The van der Waals surface area contributed by atoms with Crippen molar-refractivity contribution in [2.45, 2.75) is 12.8 Å². The molecule has 0 bridgehead atoms. The van der Waals surface area contributed by atoms with Crippen molar-refractivity contribution in [1.82, 2.24) is 0 Å². The average molecular weight is 615 g/mol. The summed E-state index contributed by atoms with van der Waals surface area (Å²) in [5, 5.41) is 10.4. The van der Waals surface area contributed by atoms with Gasteiger partial charge < -0.3 is 0 Å². The number of fused-ring (bicyclic) bond motifs is 8. The molecule has 220 valence electrons. The topological polar surface area (TPSA) is 0 Å². The molecule has 0 saturated carbocycles. The van der Waals surface area contributed by atoms with Gasteiger partial charge >= 0.3 is 0 Å². The molecule has 8 aromatic carbocycles. The first-order valence-corrected chi connectivity index (χ1v) is 17.3. The molecule has 1 heterocycles. The van der Waals surface area contributed by atoms with Crippen LogP contribution in [0.15, 0.2) is 152 Å². The monoisotopic (exact) mass is 614 g/mol. The molecule has 0 nitrogen and oxygen atoms in total. The Kier molecular flexibility index (Phi) is 5.97. The summed E-state index contributed by atoms with van der Waals surface area (Å²) >= 11 is 1.88. The summed E-state index contributed by atoms with van der Waals surface area (Å²) in [4.78, 5) is 0. The number of hydrogen-bond acceptors (Lipinski definition) is 1. The van der Waals surface area contributed by atoms with Gasteiger partial charge in [0.15, 0.2) is 0 Å². The molecule has 1 aromatic heterocycles. The molecule has 0 fully saturated rings. The Morgan fingerprint density at radius 1 is 0.426 bits per heavy atom. The largest absolute Gasteiger partial charge is 0.135 e. The Bertz CT molecular complexity index is 2740. The highest BCUT2D eigenvalue weighted by Gasteiger charge is 2.20. The van der Waals surface area contributed by atoms with Crippen LogP contribution in [-0.4, -0.2) is 0 Å². The van der Waals surface area contributed by atoms with Gasteiger partial charge in [0.05, 0.1) is 0 Å². The molecule has 0 saturated heterocycles. The van der Waals surface area contributed by atoms with Gasteiger partial charge in [-0.3, -0.25) is 0 Å². The van der Waals surface area contributed by atoms with E-state index in [0.29, 0.717) is 0 Å². The smallest absolute Gasteiger partial charge is 0.0355 e. The van der Waals surface area contributed by atoms with Crippen LogP contribution in [0.25, 0.3) is 91.9 Å². The van der Waals surface area contributed by atoms with Gasteiger partial charge in [-0.1, -0.05) is 133 Å². The number of benzene rings is 8. The SMILES string of the molecule is C1=Cc2ccc(-c3cccc(-c4c5ccccc5c(-c5ccc6sc7ccccc7c6c5)c5ccc6ccccc6c45)c3)cc2CC1. The van der Waals surface area contributed by atoms with Crippen LogP contribution in [0.1, 0.15) is 17.5 Å². The normalized spacial score (nSPS) is 12.9. The van der Waals surface area contributed by atoms with E-state index in [4.69, 9.17) is 0 Å². The fourth-order valence-corrected chi connectivity index (χ4v) is 8.99. The van der Waals surface area contributed by atoms with Crippen molar-refractivity contribution in [2.75, 3.05) is 0 Å². The average Bonchev–Trinajstić information content (AvgIpc) is 3.51. The first-order chi connectivity index (χ1) is 23.3. The summed E-state index contributed by atoms with van der Waals surface area (Å²) in [5.74, 6) is 0. The van der Waals surface area contributed by atoms with Crippen LogP contribution in [-0.2, 0) is 6.42 Å². The molecule has 1 aliphatic rings. The number of thiophene rings is 1. The fraction of sp³-hybridized carbons (Fsp3) is 0.0435. The Balaban J connectivity index is 1.29. The van der Waals surface area contributed by atoms with Gasteiger partial charge in [0, 0.05) is 20.2 Å². The van der Waals surface area contributed by atoms with E-state index in [1.54, 1.807) is 0 Å². The van der Waals surface area contributed by atoms with Gasteiger partial charge in [-0.15, -0.1) is 11.3 Å². The number of rotatable bonds is 3. The summed E-state index contributed by atoms with van der Waals surface area (Å²) in [6.07, 6.45) is 6.77.